The van der Waals surface area contributed by atoms with Crippen molar-refractivity contribution in [2.75, 3.05) is 31.7 Å². The summed E-state index contributed by atoms with van der Waals surface area (Å²) in [6.45, 7) is 2.84. The Morgan fingerprint density at radius 2 is 2.03 bits per heavy atom. The number of imidazole rings is 1. The first kappa shape index (κ1) is 22.1. The summed E-state index contributed by atoms with van der Waals surface area (Å²) in [6, 6.07) is 6.37. The molecule has 0 bridgehead atoms. The predicted octanol–water partition coefficient (Wildman–Crippen LogP) is 3.73. The normalized spacial score (nSPS) is 18.4. The number of piperidine rings is 1. The molecule has 1 saturated heterocycles. The molecule has 3 aromatic rings. The van der Waals surface area contributed by atoms with Crippen molar-refractivity contribution >= 4 is 40.7 Å². The second kappa shape index (κ2) is 9.67. The van der Waals surface area contributed by atoms with Crippen LogP contribution in [0.15, 0.2) is 28.5 Å². The highest BCUT2D eigenvalue weighted by Crippen LogP contribution is 2.40. The largest absolute Gasteiger partial charge is 0.486 e. The highest BCUT2D eigenvalue weighted by Gasteiger charge is 2.24. The number of aryl methyl sites for hydroxylation is 1. The Hall–Kier alpha value is -2.68. The molecule has 4 heterocycles. The Balaban J connectivity index is 1.49. The Kier molecular flexibility index (Phi) is 6.48. The van der Waals surface area contributed by atoms with Gasteiger partial charge in [0, 0.05) is 30.1 Å². The third-order valence-corrected chi connectivity index (χ3v) is 7.99. The molecule has 1 aromatic carbocycles. The molecule has 1 fully saturated rings. The van der Waals surface area contributed by atoms with Gasteiger partial charge in [0.05, 0.1) is 5.56 Å². The van der Waals surface area contributed by atoms with Crippen LogP contribution in [0.25, 0.3) is 11.2 Å². The molecule has 1 unspecified atom stereocenters. The van der Waals surface area contributed by atoms with E-state index < -0.39 is 0 Å². The quantitative estimate of drug-likeness (QED) is 0.520. The lowest BCUT2D eigenvalue weighted by Gasteiger charge is -2.33. The van der Waals surface area contributed by atoms with Crippen LogP contribution in [-0.4, -0.2) is 55.9 Å². The van der Waals surface area contributed by atoms with Gasteiger partial charge >= 0.3 is 0 Å². The predicted molar refractivity (Wildman–Crippen MR) is 128 cm³/mol. The summed E-state index contributed by atoms with van der Waals surface area (Å²) in [7, 11) is 0. The molecule has 2 aliphatic rings. The zero-order valence-electron chi connectivity index (χ0n) is 18.4. The number of ether oxygens (including phenoxy) is 2. The highest BCUT2D eigenvalue weighted by molar-refractivity contribution is 7.99. The van der Waals surface area contributed by atoms with Crippen LogP contribution in [0.2, 0.25) is 0 Å². The molecule has 0 aliphatic carbocycles. The summed E-state index contributed by atoms with van der Waals surface area (Å²) >= 11 is 3.24. The average Bonchev–Trinajstić information content (AvgIpc) is 3.20. The number of nitriles is 1. The summed E-state index contributed by atoms with van der Waals surface area (Å²) in [5.41, 5.74) is 7.94. The third-order valence-electron chi connectivity index (χ3n) is 5.98. The van der Waals surface area contributed by atoms with Crippen LogP contribution in [0.5, 0.6) is 11.5 Å². The van der Waals surface area contributed by atoms with E-state index in [1.807, 2.05) is 18.0 Å². The van der Waals surface area contributed by atoms with Crippen molar-refractivity contribution < 1.29 is 9.47 Å². The van der Waals surface area contributed by atoms with E-state index in [2.05, 4.69) is 31.2 Å². The van der Waals surface area contributed by atoms with Gasteiger partial charge in [0.1, 0.15) is 25.6 Å². The molecule has 172 valence electrons. The maximum Gasteiger partial charge on any atom is 0.175 e. The van der Waals surface area contributed by atoms with Crippen molar-refractivity contribution in [1.82, 2.24) is 23.8 Å². The molecule has 2 N–H and O–H groups in total. The topological polar surface area (TPSA) is 115 Å². The van der Waals surface area contributed by atoms with Gasteiger partial charge in [-0.1, -0.05) is 30.1 Å². The molecule has 1 atom stereocenters. The van der Waals surface area contributed by atoms with Gasteiger partial charge in [-0.25, -0.2) is 19.3 Å². The number of nitrogen functional groups attached to an aromatic ring is 1. The van der Waals surface area contributed by atoms with Gasteiger partial charge < -0.3 is 19.8 Å². The van der Waals surface area contributed by atoms with Gasteiger partial charge in [-0.05, 0) is 31.6 Å². The molecule has 0 amide bonds. The first-order valence-corrected chi connectivity index (χ1v) is 13.0. The van der Waals surface area contributed by atoms with Gasteiger partial charge in [-0.3, -0.25) is 0 Å². The first-order valence-electron chi connectivity index (χ1n) is 11.0. The number of aromatic nitrogens is 4. The lowest BCUT2D eigenvalue weighted by molar-refractivity contribution is 0.171. The number of rotatable bonds is 6. The number of benzene rings is 1. The lowest BCUT2D eigenvalue weighted by Crippen LogP contribution is -2.34. The molecule has 0 spiro atoms. The van der Waals surface area contributed by atoms with Crippen LogP contribution in [0.4, 0.5) is 5.82 Å². The standard InChI is InChI=1S/C22H25N7O2S2/c1-32-29-6-3-2-4-15(29)5-7-28-21-19(20(24)25-13-26-21)27-22(28)33-18-11-17-16(10-14(18)12-23)30-8-9-31-17/h10-11,13,15H,2-9H2,1H3,(H2,24,25,26). The van der Waals surface area contributed by atoms with Crippen LogP contribution in [0.1, 0.15) is 31.2 Å². The van der Waals surface area contributed by atoms with Gasteiger partial charge in [0.15, 0.2) is 33.6 Å². The first-order chi connectivity index (χ1) is 16.2. The molecular formula is C22H25N7O2S2. The van der Waals surface area contributed by atoms with E-state index in [1.54, 1.807) is 6.07 Å². The summed E-state index contributed by atoms with van der Waals surface area (Å²) in [5, 5.41) is 10.5. The SMILES string of the molecule is CSN1CCCCC1CCn1c(Sc2cc3c(cc2C#N)OCCO3)nc2c(N)ncnc21. The Bertz CT molecular complexity index is 1210. The van der Waals surface area contributed by atoms with Crippen molar-refractivity contribution in [3.05, 3.63) is 24.0 Å². The number of hydrogen-bond donors (Lipinski definition) is 1. The number of nitrogens with zero attached hydrogens (tertiary/aromatic N) is 6. The van der Waals surface area contributed by atoms with Crippen molar-refractivity contribution in [1.29, 1.82) is 5.26 Å². The average molecular weight is 484 g/mol. The van der Waals surface area contributed by atoms with E-state index in [-0.39, 0.29) is 0 Å². The molecule has 0 radical (unpaired) electrons. The van der Waals surface area contributed by atoms with Crippen molar-refractivity contribution in [3.8, 4) is 17.6 Å². The summed E-state index contributed by atoms with van der Waals surface area (Å²) in [6.07, 6.45) is 8.29. The minimum absolute atomic E-state index is 0.353. The molecular weight excluding hydrogens is 458 g/mol. The van der Waals surface area contributed by atoms with E-state index in [9.17, 15) is 5.26 Å². The van der Waals surface area contributed by atoms with Crippen LogP contribution < -0.4 is 15.2 Å². The van der Waals surface area contributed by atoms with E-state index in [1.165, 1.54) is 37.4 Å². The van der Waals surface area contributed by atoms with E-state index >= 15 is 0 Å². The van der Waals surface area contributed by atoms with Crippen molar-refractivity contribution in [2.45, 2.75) is 48.3 Å². The minimum Gasteiger partial charge on any atom is -0.486 e. The summed E-state index contributed by atoms with van der Waals surface area (Å²) in [5.74, 6) is 1.59. The Morgan fingerprint density at radius 3 is 2.82 bits per heavy atom. The van der Waals surface area contributed by atoms with E-state index in [4.69, 9.17) is 20.2 Å². The summed E-state index contributed by atoms with van der Waals surface area (Å²) in [4.78, 5) is 14.1. The van der Waals surface area contributed by atoms with E-state index in [0.717, 1.165) is 29.6 Å². The maximum absolute atomic E-state index is 9.74. The number of anilines is 1. The maximum atomic E-state index is 9.74. The second-order valence-corrected chi connectivity index (χ2v) is 9.79. The molecule has 11 heteroatoms. The monoisotopic (exact) mass is 483 g/mol. The van der Waals surface area contributed by atoms with Gasteiger partial charge in [-0.15, -0.1) is 0 Å². The van der Waals surface area contributed by atoms with E-state index in [0.29, 0.717) is 53.3 Å². The minimum atomic E-state index is 0.353. The summed E-state index contributed by atoms with van der Waals surface area (Å²) < 4.78 is 16.0. The number of hydrogen-bond acceptors (Lipinski definition) is 10. The van der Waals surface area contributed by atoms with Crippen LogP contribution in [0.3, 0.4) is 0 Å². The third kappa shape index (κ3) is 4.43. The molecule has 33 heavy (non-hydrogen) atoms. The Morgan fingerprint density at radius 1 is 1.21 bits per heavy atom. The zero-order valence-corrected chi connectivity index (χ0v) is 20.0. The zero-order chi connectivity index (χ0) is 22.8. The van der Waals surface area contributed by atoms with Gasteiger partial charge in [0.2, 0.25) is 0 Å². The van der Waals surface area contributed by atoms with Crippen LogP contribution >= 0.6 is 23.7 Å². The highest BCUT2D eigenvalue weighted by atomic mass is 32.2. The number of nitrogens with two attached hydrogens (primary N) is 1. The molecule has 0 saturated carbocycles. The molecule has 5 rings (SSSR count). The fraction of sp³-hybridized carbons (Fsp3) is 0.455. The second-order valence-electron chi connectivity index (χ2n) is 7.94. The fourth-order valence-electron chi connectivity index (χ4n) is 4.33. The Labute approximate surface area is 200 Å². The van der Waals surface area contributed by atoms with Gasteiger partial charge in [0.25, 0.3) is 0 Å². The molecule has 2 aliphatic heterocycles. The molecule has 9 nitrogen and oxygen atoms in total. The van der Waals surface area contributed by atoms with Crippen molar-refractivity contribution in [2.24, 2.45) is 0 Å². The fourth-order valence-corrected chi connectivity index (χ4v) is 6.16. The smallest absolute Gasteiger partial charge is 0.175 e. The van der Waals surface area contributed by atoms with Gasteiger partial charge in [-0.2, -0.15) is 5.26 Å². The number of fused-ring (bicyclic) bond motifs is 2. The van der Waals surface area contributed by atoms with Crippen LogP contribution in [-0.2, 0) is 6.54 Å². The lowest BCUT2D eigenvalue weighted by atomic mass is 10.0. The molecule has 2 aromatic heterocycles. The van der Waals surface area contributed by atoms with Crippen LogP contribution in [0, 0.1) is 11.3 Å². The van der Waals surface area contributed by atoms with Crippen molar-refractivity contribution in [3.63, 3.8) is 0 Å².